The van der Waals surface area contributed by atoms with E-state index < -0.39 is 11.2 Å². The Morgan fingerprint density at radius 1 is 1.12 bits per heavy atom. The standard InChI is InChI=1S/C18H26FNO4/c19-15-3-5-16(6-4-15)24-14-18(22)12-20(9-10-23-13-18)11-17(21)7-1-2-8-17/h3-6,21-22H,1-2,7-14H2. The summed E-state index contributed by atoms with van der Waals surface area (Å²) >= 11 is 0. The molecule has 0 spiro atoms. The highest BCUT2D eigenvalue weighted by molar-refractivity contribution is 5.22. The minimum atomic E-state index is -1.15. The Bertz CT molecular complexity index is 532. The van der Waals surface area contributed by atoms with E-state index in [1.54, 1.807) is 0 Å². The summed E-state index contributed by atoms with van der Waals surface area (Å²) in [4.78, 5) is 2.06. The molecule has 0 amide bonds. The summed E-state index contributed by atoms with van der Waals surface area (Å²) in [5.74, 6) is 0.185. The van der Waals surface area contributed by atoms with Gasteiger partial charge in [-0.25, -0.2) is 4.39 Å². The van der Waals surface area contributed by atoms with Crippen LogP contribution < -0.4 is 4.74 Å². The Kier molecular flexibility index (Phi) is 5.39. The summed E-state index contributed by atoms with van der Waals surface area (Å²) in [5.41, 5.74) is -1.80. The Morgan fingerprint density at radius 3 is 2.54 bits per heavy atom. The van der Waals surface area contributed by atoms with Gasteiger partial charge < -0.3 is 19.7 Å². The van der Waals surface area contributed by atoms with Gasteiger partial charge in [-0.3, -0.25) is 4.90 Å². The van der Waals surface area contributed by atoms with Crippen molar-refractivity contribution in [3.63, 3.8) is 0 Å². The number of ether oxygens (including phenoxy) is 2. The normalized spacial score (nSPS) is 27.8. The first-order valence-corrected chi connectivity index (χ1v) is 8.60. The summed E-state index contributed by atoms with van der Waals surface area (Å²) in [6.07, 6.45) is 3.74. The summed E-state index contributed by atoms with van der Waals surface area (Å²) in [6, 6.07) is 5.72. The van der Waals surface area contributed by atoms with Crippen LogP contribution >= 0.6 is 0 Å². The highest BCUT2D eigenvalue weighted by Crippen LogP contribution is 2.31. The molecule has 1 aromatic rings. The third kappa shape index (κ3) is 4.66. The number of hydrogen-bond donors (Lipinski definition) is 2. The van der Waals surface area contributed by atoms with Gasteiger partial charge >= 0.3 is 0 Å². The summed E-state index contributed by atoms with van der Waals surface area (Å²) < 4.78 is 24.1. The van der Waals surface area contributed by atoms with Crippen LogP contribution in [-0.2, 0) is 4.74 Å². The van der Waals surface area contributed by atoms with Gasteiger partial charge in [-0.15, -0.1) is 0 Å². The van der Waals surface area contributed by atoms with Crippen LogP contribution in [0.1, 0.15) is 25.7 Å². The number of aliphatic hydroxyl groups is 2. The molecule has 0 aromatic heterocycles. The number of β-amino-alcohol motifs (C(OH)–C–C–N with tert-alkyl or cyclic N) is 2. The molecular weight excluding hydrogens is 313 g/mol. The molecule has 2 fully saturated rings. The lowest BCUT2D eigenvalue weighted by Crippen LogP contribution is -2.52. The van der Waals surface area contributed by atoms with Crippen LogP contribution in [0.5, 0.6) is 5.75 Å². The number of benzene rings is 1. The first kappa shape index (κ1) is 17.6. The van der Waals surface area contributed by atoms with Crippen molar-refractivity contribution in [3.8, 4) is 5.75 Å². The monoisotopic (exact) mass is 339 g/mol. The highest BCUT2D eigenvalue weighted by atomic mass is 19.1. The van der Waals surface area contributed by atoms with Crippen molar-refractivity contribution in [2.75, 3.05) is 39.5 Å². The van der Waals surface area contributed by atoms with E-state index in [1.807, 2.05) is 0 Å². The molecule has 0 bridgehead atoms. The lowest BCUT2D eigenvalue weighted by atomic mass is 10.00. The number of hydrogen-bond acceptors (Lipinski definition) is 5. The highest BCUT2D eigenvalue weighted by Gasteiger charge is 2.38. The van der Waals surface area contributed by atoms with E-state index in [4.69, 9.17) is 9.47 Å². The Balaban J connectivity index is 1.59. The molecule has 3 rings (SSSR count). The molecule has 2 N–H and O–H groups in total. The molecule has 1 aliphatic heterocycles. The quantitative estimate of drug-likeness (QED) is 0.853. The number of rotatable bonds is 5. The SMILES string of the molecule is OC1(CN2CCOCC(O)(COc3ccc(F)cc3)C2)CCCC1. The van der Waals surface area contributed by atoms with Gasteiger partial charge in [0, 0.05) is 19.6 Å². The van der Waals surface area contributed by atoms with Gasteiger partial charge in [0.05, 0.1) is 18.8 Å². The lowest BCUT2D eigenvalue weighted by molar-refractivity contribution is -0.0712. The first-order chi connectivity index (χ1) is 11.5. The van der Waals surface area contributed by atoms with Gasteiger partial charge in [0.15, 0.2) is 0 Å². The molecule has 1 saturated heterocycles. The minimum Gasteiger partial charge on any atom is -0.490 e. The predicted molar refractivity (Wildman–Crippen MR) is 87.5 cm³/mol. The van der Waals surface area contributed by atoms with E-state index in [0.29, 0.717) is 32.0 Å². The maximum atomic E-state index is 12.9. The molecule has 0 radical (unpaired) electrons. The van der Waals surface area contributed by atoms with Gasteiger partial charge in [-0.2, -0.15) is 0 Å². The zero-order valence-corrected chi connectivity index (χ0v) is 13.9. The fourth-order valence-electron chi connectivity index (χ4n) is 3.57. The van der Waals surface area contributed by atoms with Crippen molar-refractivity contribution in [3.05, 3.63) is 30.1 Å². The second-order valence-corrected chi connectivity index (χ2v) is 7.16. The van der Waals surface area contributed by atoms with Crippen LogP contribution in [0.4, 0.5) is 4.39 Å². The van der Waals surface area contributed by atoms with Gasteiger partial charge in [0.25, 0.3) is 0 Å². The Labute approximate surface area is 142 Å². The van der Waals surface area contributed by atoms with Crippen molar-refractivity contribution >= 4 is 0 Å². The van der Waals surface area contributed by atoms with Gasteiger partial charge in [-0.05, 0) is 37.1 Å². The second kappa shape index (κ2) is 7.35. The minimum absolute atomic E-state index is 0.0631. The van der Waals surface area contributed by atoms with E-state index in [2.05, 4.69) is 4.90 Å². The molecule has 1 aromatic carbocycles. The third-order valence-electron chi connectivity index (χ3n) is 4.81. The maximum Gasteiger partial charge on any atom is 0.134 e. The number of nitrogens with zero attached hydrogens (tertiary/aromatic N) is 1. The van der Waals surface area contributed by atoms with Crippen LogP contribution in [0.3, 0.4) is 0 Å². The Hall–Kier alpha value is -1.21. The third-order valence-corrected chi connectivity index (χ3v) is 4.81. The van der Waals surface area contributed by atoms with Crippen LogP contribution in [-0.4, -0.2) is 65.8 Å². The molecule has 24 heavy (non-hydrogen) atoms. The molecule has 1 unspecified atom stereocenters. The van der Waals surface area contributed by atoms with Gasteiger partial charge in [0.1, 0.15) is 23.8 Å². The molecule has 1 atom stereocenters. The number of halogens is 1. The fraction of sp³-hybridized carbons (Fsp3) is 0.667. The smallest absolute Gasteiger partial charge is 0.134 e. The van der Waals surface area contributed by atoms with Crippen molar-refractivity contribution < 1.29 is 24.1 Å². The van der Waals surface area contributed by atoms with E-state index >= 15 is 0 Å². The maximum absolute atomic E-state index is 12.9. The van der Waals surface area contributed by atoms with E-state index in [1.165, 1.54) is 24.3 Å². The molecule has 2 aliphatic rings. The zero-order valence-electron chi connectivity index (χ0n) is 13.9. The van der Waals surface area contributed by atoms with E-state index in [0.717, 1.165) is 25.7 Å². The van der Waals surface area contributed by atoms with Crippen LogP contribution in [0, 0.1) is 5.82 Å². The first-order valence-electron chi connectivity index (χ1n) is 8.60. The lowest BCUT2D eigenvalue weighted by Gasteiger charge is -2.34. The molecule has 1 saturated carbocycles. The van der Waals surface area contributed by atoms with Crippen LogP contribution in [0.15, 0.2) is 24.3 Å². The summed E-state index contributed by atoms with van der Waals surface area (Å²) in [5, 5.41) is 21.5. The largest absolute Gasteiger partial charge is 0.490 e. The topological polar surface area (TPSA) is 62.2 Å². The summed E-state index contributed by atoms with van der Waals surface area (Å²) in [7, 11) is 0. The van der Waals surface area contributed by atoms with E-state index in [9.17, 15) is 14.6 Å². The second-order valence-electron chi connectivity index (χ2n) is 7.16. The van der Waals surface area contributed by atoms with Gasteiger partial charge in [0.2, 0.25) is 0 Å². The van der Waals surface area contributed by atoms with E-state index in [-0.39, 0.29) is 19.0 Å². The molecule has 6 heteroatoms. The van der Waals surface area contributed by atoms with Crippen LogP contribution in [0.25, 0.3) is 0 Å². The molecule has 1 aliphatic carbocycles. The van der Waals surface area contributed by atoms with Crippen LogP contribution in [0.2, 0.25) is 0 Å². The molecule has 5 nitrogen and oxygen atoms in total. The van der Waals surface area contributed by atoms with Crippen molar-refractivity contribution in [1.82, 2.24) is 4.90 Å². The summed E-state index contributed by atoms with van der Waals surface area (Å²) in [6.45, 7) is 2.39. The van der Waals surface area contributed by atoms with Crippen molar-refractivity contribution in [2.24, 2.45) is 0 Å². The van der Waals surface area contributed by atoms with Gasteiger partial charge in [-0.1, -0.05) is 12.8 Å². The van der Waals surface area contributed by atoms with Crippen molar-refractivity contribution in [1.29, 1.82) is 0 Å². The predicted octanol–water partition coefficient (Wildman–Crippen LogP) is 1.57. The van der Waals surface area contributed by atoms with Crippen molar-refractivity contribution in [2.45, 2.75) is 36.9 Å². The molecule has 1 heterocycles. The molecular formula is C18H26FNO4. The fourth-order valence-corrected chi connectivity index (χ4v) is 3.57. The average Bonchev–Trinajstić information content (AvgIpc) is 2.88. The molecule has 134 valence electrons. The average molecular weight is 339 g/mol. The Morgan fingerprint density at radius 2 is 1.83 bits per heavy atom. The zero-order chi connectivity index (χ0) is 17.0.